The number of ether oxygens (including phenoxy) is 1. The zero-order valence-electron chi connectivity index (χ0n) is 8.42. The number of benzene rings is 1. The van der Waals surface area contributed by atoms with E-state index >= 15 is 0 Å². The second-order valence-corrected chi connectivity index (χ2v) is 4.44. The molecule has 0 atom stereocenters. The summed E-state index contributed by atoms with van der Waals surface area (Å²) in [4.78, 5) is 10.4. The Labute approximate surface area is 109 Å². The molecule has 0 fully saturated rings. The molecule has 0 unspecified atom stereocenters. The van der Waals surface area contributed by atoms with Gasteiger partial charge in [0.05, 0.1) is 0 Å². The number of aliphatic carboxylic acids is 1. The highest BCUT2D eigenvalue weighted by Crippen LogP contribution is 2.28. The average molecular weight is 360 g/mol. The van der Waals surface area contributed by atoms with Crippen LogP contribution < -0.4 is 4.74 Å². The molecule has 3 nitrogen and oxygen atoms in total. The Morgan fingerprint density at radius 3 is 2.59 bits per heavy atom. The molecule has 17 heavy (non-hydrogen) atoms. The molecule has 0 aromatic heterocycles. The minimum atomic E-state index is -4.78. The molecule has 1 aromatic rings. The molecule has 0 aliphatic carbocycles. The van der Waals surface area contributed by atoms with Gasteiger partial charge in [0, 0.05) is 9.99 Å². The molecular weight excluding hydrogens is 352 g/mol. The molecule has 0 saturated heterocycles. The second kappa shape index (κ2) is 5.56. The van der Waals surface area contributed by atoms with Crippen molar-refractivity contribution in [2.75, 3.05) is 0 Å². The van der Waals surface area contributed by atoms with Crippen molar-refractivity contribution < 1.29 is 27.8 Å². The van der Waals surface area contributed by atoms with Crippen LogP contribution in [0.1, 0.15) is 12.0 Å². The van der Waals surface area contributed by atoms with Gasteiger partial charge in [-0.15, -0.1) is 13.2 Å². The highest BCUT2D eigenvalue weighted by molar-refractivity contribution is 14.1. The molecule has 0 radical (unpaired) electrons. The number of aryl methyl sites for hydroxylation is 1. The summed E-state index contributed by atoms with van der Waals surface area (Å²) in [5, 5.41) is 8.49. The highest BCUT2D eigenvalue weighted by Gasteiger charge is 2.32. The van der Waals surface area contributed by atoms with Gasteiger partial charge in [-0.2, -0.15) is 0 Å². The van der Waals surface area contributed by atoms with E-state index in [0.717, 1.165) is 0 Å². The van der Waals surface area contributed by atoms with Crippen molar-refractivity contribution in [1.82, 2.24) is 0 Å². The second-order valence-electron chi connectivity index (χ2n) is 3.19. The maximum absolute atomic E-state index is 12.1. The Bertz CT molecular complexity index is 418. The summed E-state index contributed by atoms with van der Waals surface area (Å²) < 4.78 is 40.8. The standard InChI is InChI=1S/C10H8F3IO3/c11-10(12,13)17-8-5-7(14)3-1-6(8)2-4-9(15)16/h1,3,5H,2,4H2,(H,15,16). The van der Waals surface area contributed by atoms with Gasteiger partial charge in [-0.1, -0.05) is 6.07 Å². The molecular formula is C10H8F3IO3. The van der Waals surface area contributed by atoms with Crippen LogP contribution in [0.3, 0.4) is 0 Å². The number of carboxylic acids is 1. The van der Waals surface area contributed by atoms with Gasteiger partial charge in [-0.25, -0.2) is 0 Å². The van der Waals surface area contributed by atoms with Crippen molar-refractivity contribution >= 4 is 28.6 Å². The fraction of sp³-hybridized carbons (Fsp3) is 0.300. The molecule has 94 valence electrons. The van der Waals surface area contributed by atoms with Crippen molar-refractivity contribution in [1.29, 1.82) is 0 Å². The third kappa shape index (κ3) is 5.24. The summed E-state index contributed by atoms with van der Waals surface area (Å²) in [6, 6.07) is 4.26. The van der Waals surface area contributed by atoms with Gasteiger partial charge in [0.25, 0.3) is 0 Å². The molecule has 0 aliphatic rings. The van der Waals surface area contributed by atoms with Gasteiger partial charge in [0.2, 0.25) is 0 Å². The quantitative estimate of drug-likeness (QED) is 0.839. The Kier molecular flexibility index (Phi) is 4.61. The van der Waals surface area contributed by atoms with Crippen LogP contribution in [0.25, 0.3) is 0 Å². The SMILES string of the molecule is O=C(O)CCc1ccc(I)cc1OC(F)(F)F. The predicted octanol–water partition coefficient (Wildman–Crippen LogP) is 3.21. The third-order valence-corrected chi connectivity index (χ3v) is 2.53. The topological polar surface area (TPSA) is 46.5 Å². The van der Waals surface area contributed by atoms with Crippen LogP contribution in [0.4, 0.5) is 13.2 Å². The summed E-state index contributed by atoms with van der Waals surface area (Å²) in [6.07, 6.45) is -5.02. The van der Waals surface area contributed by atoms with Crippen molar-refractivity contribution in [2.24, 2.45) is 0 Å². The van der Waals surface area contributed by atoms with Gasteiger partial charge in [-0.05, 0) is 46.7 Å². The monoisotopic (exact) mass is 360 g/mol. The first-order chi connectivity index (χ1) is 7.78. The van der Waals surface area contributed by atoms with Crippen LogP contribution in [-0.4, -0.2) is 17.4 Å². The highest BCUT2D eigenvalue weighted by atomic mass is 127. The molecule has 0 amide bonds. The van der Waals surface area contributed by atoms with Crippen molar-refractivity contribution in [3.8, 4) is 5.75 Å². The minimum absolute atomic E-state index is 0.00231. The lowest BCUT2D eigenvalue weighted by Gasteiger charge is -2.13. The summed E-state index contributed by atoms with van der Waals surface area (Å²) >= 11 is 1.85. The number of alkyl halides is 3. The van der Waals surface area contributed by atoms with Gasteiger partial charge < -0.3 is 9.84 Å². The van der Waals surface area contributed by atoms with Crippen LogP contribution in [0.2, 0.25) is 0 Å². The Morgan fingerprint density at radius 1 is 1.41 bits per heavy atom. The summed E-state index contributed by atoms with van der Waals surface area (Å²) in [5.41, 5.74) is 0.227. The fourth-order valence-corrected chi connectivity index (χ4v) is 1.66. The molecule has 1 N–H and O–H groups in total. The minimum Gasteiger partial charge on any atom is -0.481 e. The van der Waals surface area contributed by atoms with Gasteiger partial charge in [-0.3, -0.25) is 4.79 Å². The number of rotatable bonds is 4. The van der Waals surface area contributed by atoms with Crippen LogP contribution in [0, 0.1) is 3.57 Å². The van der Waals surface area contributed by atoms with E-state index in [1.54, 1.807) is 6.07 Å². The number of hydrogen-bond acceptors (Lipinski definition) is 2. The predicted molar refractivity (Wildman–Crippen MR) is 61.8 cm³/mol. The first kappa shape index (κ1) is 14.1. The lowest BCUT2D eigenvalue weighted by atomic mass is 10.1. The smallest absolute Gasteiger partial charge is 0.481 e. The zero-order valence-corrected chi connectivity index (χ0v) is 10.6. The molecule has 1 aromatic carbocycles. The maximum Gasteiger partial charge on any atom is 0.573 e. The third-order valence-electron chi connectivity index (χ3n) is 1.86. The Hall–Kier alpha value is -0.990. The van der Waals surface area contributed by atoms with Crippen LogP contribution in [-0.2, 0) is 11.2 Å². The Balaban J connectivity index is 2.91. The summed E-state index contributed by atoms with van der Waals surface area (Å²) in [5.74, 6) is -1.41. The average Bonchev–Trinajstić information content (AvgIpc) is 2.13. The summed E-state index contributed by atoms with van der Waals surface area (Å²) in [7, 11) is 0. The first-order valence-electron chi connectivity index (χ1n) is 4.54. The molecule has 1 rings (SSSR count). The van der Waals surface area contributed by atoms with E-state index in [1.807, 2.05) is 22.6 Å². The molecule has 0 spiro atoms. The summed E-state index contributed by atoms with van der Waals surface area (Å²) in [6.45, 7) is 0. The van der Waals surface area contributed by atoms with Gasteiger partial charge in [0.15, 0.2) is 0 Å². The molecule has 0 bridgehead atoms. The number of carbonyl (C=O) groups is 1. The van der Waals surface area contributed by atoms with E-state index < -0.39 is 12.3 Å². The van der Waals surface area contributed by atoms with Gasteiger partial charge >= 0.3 is 12.3 Å². The first-order valence-corrected chi connectivity index (χ1v) is 5.62. The van der Waals surface area contributed by atoms with E-state index in [2.05, 4.69) is 4.74 Å². The van der Waals surface area contributed by atoms with E-state index in [9.17, 15) is 18.0 Å². The van der Waals surface area contributed by atoms with Crippen LogP contribution in [0.15, 0.2) is 18.2 Å². The molecule has 0 heterocycles. The molecule has 7 heteroatoms. The van der Waals surface area contributed by atoms with E-state index in [-0.39, 0.29) is 24.2 Å². The fourth-order valence-electron chi connectivity index (χ4n) is 1.20. The van der Waals surface area contributed by atoms with Crippen molar-refractivity contribution in [3.05, 3.63) is 27.3 Å². The lowest BCUT2D eigenvalue weighted by molar-refractivity contribution is -0.274. The molecule has 0 saturated carbocycles. The van der Waals surface area contributed by atoms with Gasteiger partial charge in [0.1, 0.15) is 5.75 Å². The van der Waals surface area contributed by atoms with Crippen LogP contribution >= 0.6 is 22.6 Å². The van der Waals surface area contributed by atoms with Crippen molar-refractivity contribution in [3.63, 3.8) is 0 Å². The van der Waals surface area contributed by atoms with Crippen molar-refractivity contribution in [2.45, 2.75) is 19.2 Å². The Morgan fingerprint density at radius 2 is 2.06 bits per heavy atom. The maximum atomic E-state index is 12.1. The normalized spacial score (nSPS) is 11.3. The number of carboxylic acid groups (broad SMARTS) is 1. The zero-order chi connectivity index (χ0) is 13.1. The van der Waals surface area contributed by atoms with Crippen LogP contribution in [0.5, 0.6) is 5.75 Å². The number of hydrogen-bond donors (Lipinski definition) is 1. The van der Waals surface area contributed by atoms with E-state index in [0.29, 0.717) is 3.57 Å². The lowest BCUT2D eigenvalue weighted by Crippen LogP contribution is -2.18. The molecule has 0 aliphatic heterocycles. The largest absolute Gasteiger partial charge is 0.573 e. The van der Waals surface area contributed by atoms with E-state index in [4.69, 9.17) is 5.11 Å². The van der Waals surface area contributed by atoms with E-state index in [1.165, 1.54) is 12.1 Å². The number of halogens is 4.